The van der Waals surface area contributed by atoms with E-state index in [0.717, 1.165) is 5.69 Å². The quantitative estimate of drug-likeness (QED) is 0.668. The standard InChI is InChI=1S/C21H20N2O5S/c1-4-23-18-8-9-19(16-6-5-7-17(20(16)18)21(23)24)29(25,26)22-13-10-14(27-2)12-15(11-13)28-3/h5-12,22H,4H2,1-3H3. The first kappa shape index (κ1) is 19.1. The third kappa shape index (κ3) is 3.05. The van der Waals surface area contributed by atoms with Crippen LogP contribution in [0, 0.1) is 0 Å². The Morgan fingerprint density at radius 2 is 1.69 bits per heavy atom. The van der Waals surface area contributed by atoms with Crippen LogP contribution in [0.1, 0.15) is 17.3 Å². The average molecular weight is 412 g/mol. The highest BCUT2D eigenvalue weighted by atomic mass is 32.2. The number of hydrogen-bond donors (Lipinski definition) is 1. The number of hydrogen-bond acceptors (Lipinski definition) is 5. The van der Waals surface area contributed by atoms with Gasteiger partial charge in [0.15, 0.2) is 0 Å². The Bertz CT molecular complexity index is 1220. The van der Waals surface area contributed by atoms with Gasteiger partial charge in [0.25, 0.3) is 15.9 Å². The predicted molar refractivity (Wildman–Crippen MR) is 112 cm³/mol. The van der Waals surface area contributed by atoms with Crippen LogP contribution >= 0.6 is 0 Å². The fourth-order valence-corrected chi connectivity index (χ4v) is 4.89. The molecule has 1 N–H and O–H groups in total. The van der Waals surface area contributed by atoms with Gasteiger partial charge in [-0.2, -0.15) is 0 Å². The molecular formula is C21H20N2O5S. The number of carbonyl (C=O) groups is 1. The van der Waals surface area contributed by atoms with Crippen LogP contribution in [0.4, 0.5) is 11.4 Å². The molecule has 29 heavy (non-hydrogen) atoms. The second-order valence-corrected chi connectivity index (χ2v) is 8.22. The van der Waals surface area contributed by atoms with Crippen molar-refractivity contribution in [1.82, 2.24) is 0 Å². The van der Waals surface area contributed by atoms with Gasteiger partial charge in [0.05, 0.1) is 30.5 Å². The number of nitrogens with one attached hydrogen (secondary N) is 1. The van der Waals surface area contributed by atoms with E-state index >= 15 is 0 Å². The lowest BCUT2D eigenvalue weighted by Crippen LogP contribution is -2.25. The van der Waals surface area contributed by atoms with Gasteiger partial charge in [-0.05, 0) is 25.1 Å². The SMILES string of the molecule is CCN1C(=O)c2cccc3c(S(=O)(=O)Nc4cc(OC)cc(OC)c4)ccc1c23. The maximum atomic E-state index is 13.2. The molecule has 0 bridgehead atoms. The van der Waals surface area contributed by atoms with E-state index in [2.05, 4.69) is 4.72 Å². The number of methoxy groups -OCH3 is 2. The normalized spacial score (nSPS) is 13.1. The number of carbonyl (C=O) groups excluding carboxylic acids is 1. The maximum Gasteiger partial charge on any atom is 0.262 e. The molecule has 150 valence electrons. The van der Waals surface area contributed by atoms with E-state index in [-0.39, 0.29) is 10.8 Å². The van der Waals surface area contributed by atoms with Crippen LogP contribution in [0.25, 0.3) is 10.8 Å². The summed E-state index contributed by atoms with van der Waals surface area (Å²) in [7, 11) is -0.943. The van der Waals surface area contributed by atoms with Crippen molar-refractivity contribution in [1.29, 1.82) is 0 Å². The number of amides is 1. The van der Waals surface area contributed by atoms with Crippen LogP contribution < -0.4 is 19.1 Å². The number of benzene rings is 3. The van der Waals surface area contributed by atoms with Crippen LogP contribution in [0.15, 0.2) is 53.4 Å². The summed E-state index contributed by atoms with van der Waals surface area (Å²) in [4.78, 5) is 14.4. The van der Waals surface area contributed by atoms with Gasteiger partial charge >= 0.3 is 0 Å². The molecule has 0 unspecified atom stereocenters. The van der Waals surface area contributed by atoms with Crippen LogP contribution in [0.5, 0.6) is 11.5 Å². The molecule has 0 radical (unpaired) electrons. The molecule has 0 fully saturated rings. The average Bonchev–Trinajstić information content (AvgIpc) is 3.00. The fraction of sp³-hybridized carbons (Fsp3) is 0.190. The van der Waals surface area contributed by atoms with Gasteiger partial charge in [-0.3, -0.25) is 9.52 Å². The second kappa shape index (κ2) is 6.97. The topological polar surface area (TPSA) is 84.9 Å². The summed E-state index contributed by atoms with van der Waals surface area (Å²) in [6.45, 7) is 2.40. The van der Waals surface area contributed by atoms with E-state index in [9.17, 15) is 13.2 Å². The minimum absolute atomic E-state index is 0.102. The fourth-order valence-electron chi connectivity index (χ4n) is 3.64. The van der Waals surface area contributed by atoms with Gasteiger partial charge in [0.1, 0.15) is 11.5 Å². The van der Waals surface area contributed by atoms with E-state index in [0.29, 0.717) is 40.1 Å². The summed E-state index contributed by atoms with van der Waals surface area (Å²) < 4.78 is 39.4. The minimum Gasteiger partial charge on any atom is -0.497 e. The highest BCUT2D eigenvalue weighted by Gasteiger charge is 2.31. The Kier molecular flexibility index (Phi) is 4.58. The Balaban J connectivity index is 1.84. The number of anilines is 2. The molecule has 0 saturated heterocycles. The molecule has 0 saturated carbocycles. The van der Waals surface area contributed by atoms with Crippen LogP contribution in [-0.2, 0) is 10.0 Å². The Morgan fingerprint density at radius 1 is 1.00 bits per heavy atom. The van der Waals surface area contributed by atoms with E-state index in [4.69, 9.17) is 9.47 Å². The van der Waals surface area contributed by atoms with Gasteiger partial charge < -0.3 is 14.4 Å². The first-order valence-corrected chi connectivity index (χ1v) is 10.5. The van der Waals surface area contributed by atoms with Crippen molar-refractivity contribution in [3.8, 4) is 11.5 Å². The van der Waals surface area contributed by atoms with Crippen LogP contribution in [0.2, 0.25) is 0 Å². The Morgan fingerprint density at radius 3 is 2.31 bits per heavy atom. The Hall–Kier alpha value is -3.26. The van der Waals surface area contributed by atoms with Crippen molar-refractivity contribution >= 4 is 38.1 Å². The van der Waals surface area contributed by atoms with Crippen molar-refractivity contribution in [2.24, 2.45) is 0 Å². The zero-order chi connectivity index (χ0) is 20.8. The molecule has 1 aliphatic rings. The maximum absolute atomic E-state index is 13.2. The largest absolute Gasteiger partial charge is 0.497 e. The lowest BCUT2D eigenvalue weighted by Gasteiger charge is -2.16. The van der Waals surface area contributed by atoms with E-state index < -0.39 is 10.0 Å². The molecular weight excluding hydrogens is 392 g/mol. The summed E-state index contributed by atoms with van der Waals surface area (Å²) in [6.07, 6.45) is 0. The Labute approximate surface area is 168 Å². The molecule has 3 aromatic rings. The zero-order valence-corrected chi connectivity index (χ0v) is 17.0. The van der Waals surface area contributed by atoms with E-state index in [1.54, 1.807) is 47.4 Å². The highest BCUT2D eigenvalue weighted by molar-refractivity contribution is 7.93. The first-order chi connectivity index (χ1) is 13.9. The molecule has 4 rings (SSSR count). The summed E-state index contributed by atoms with van der Waals surface area (Å²) in [5.74, 6) is 0.812. The van der Waals surface area contributed by atoms with Crippen molar-refractivity contribution in [3.63, 3.8) is 0 Å². The minimum atomic E-state index is -3.93. The molecule has 0 spiro atoms. The van der Waals surface area contributed by atoms with Crippen LogP contribution in [0.3, 0.4) is 0 Å². The molecule has 1 heterocycles. The molecule has 3 aromatic carbocycles. The van der Waals surface area contributed by atoms with Gasteiger partial charge in [-0.25, -0.2) is 8.42 Å². The molecule has 0 aliphatic carbocycles. The van der Waals surface area contributed by atoms with Gasteiger partial charge in [-0.15, -0.1) is 0 Å². The number of nitrogens with zero attached hydrogens (tertiary/aromatic N) is 1. The summed E-state index contributed by atoms with van der Waals surface area (Å²) in [5.41, 5.74) is 1.56. The first-order valence-electron chi connectivity index (χ1n) is 9.03. The lowest BCUT2D eigenvalue weighted by molar-refractivity contribution is 0.0994. The third-order valence-corrected chi connectivity index (χ3v) is 6.39. The van der Waals surface area contributed by atoms with E-state index in [1.807, 2.05) is 6.92 Å². The van der Waals surface area contributed by atoms with E-state index in [1.165, 1.54) is 20.3 Å². The molecule has 7 nitrogen and oxygen atoms in total. The van der Waals surface area contributed by atoms with Gasteiger partial charge in [-0.1, -0.05) is 12.1 Å². The zero-order valence-electron chi connectivity index (χ0n) is 16.2. The molecule has 1 aliphatic heterocycles. The van der Waals surface area contributed by atoms with Crippen molar-refractivity contribution < 1.29 is 22.7 Å². The number of rotatable bonds is 6. The lowest BCUT2D eigenvalue weighted by atomic mass is 10.1. The number of ether oxygens (including phenoxy) is 2. The third-order valence-electron chi connectivity index (χ3n) is 4.95. The molecule has 1 amide bonds. The van der Waals surface area contributed by atoms with Crippen molar-refractivity contribution in [2.45, 2.75) is 11.8 Å². The summed E-state index contributed by atoms with van der Waals surface area (Å²) in [6, 6.07) is 13.2. The molecule has 0 atom stereocenters. The second-order valence-electron chi connectivity index (χ2n) is 6.57. The predicted octanol–water partition coefficient (Wildman–Crippen LogP) is 3.64. The smallest absolute Gasteiger partial charge is 0.262 e. The van der Waals surface area contributed by atoms with Gasteiger partial charge in [0, 0.05) is 41.1 Å². The summed E-state index contributed by atoms with van der Waals surface area (Å²) >= 11 is 0. The highest BCUT2D eigenvalue weighted by Crippen LogP contribution is 2.40. The monoisotopic (exact) mass is 412 g/mol. The molecule has 8 heteroatoms. The van der Waals surface area contributed by atoms with Crippen LogP contribution in [-0.4, -0.2) is 35.1 Å². The molecule has 0 aromatic heterocycles. The van der Waals surface area contributed by atoms with Crippen molar-refractivity contribution in [3.05, 3.63) is 54.1 Å². The van der Waals surface area contributed by atoms with Gasteiger partial charge in [0.2, 0.25) is 0 Å². The number of sulfonamides is 1. The summed E-state index contributed by atoms with van der Waals surface area (Å²) in [5, 5.41) is 1.16. The van der Waals surface area contributed by atoms with Crippen molar-refractivity contribution in [2.75, 3.05) is 30.4 Å².